The number of fused-ring (bicyclic) bond motifs is 1. The minimum absolute atomic E-state index is 0.0239. The van der Waals surface area contributed by atoms with E-state index in [1.807, 2.05) is 13.8 Å². The lowest BCUT2D eigenvalue weighted by atomic mass is 10.1. The topological polar surface area (TPSA) is 98.1 Å². The van der Waals surface area contributed by atoms with Crippen molar-refractivity contribution in [2.75, 3.05) is 0 Å². The van der Waals surface area contributed by atoms with Gasteiger partial charge in [0, 0.05) is 23.5 Å². The van der Waals surface area contributed by atoms with Gasteiger partial charge < -0.3 is 9.88 Å². The van der Waals surface area contributed by atoms with Crippen molar-refractivity contribution < 1.29 is 13.2 Å². The van der Waals surface area contributed by atoms with Gasteiger partial charge in [0.1, 0.15) is 17.1 Å². The van der Waals surface area contributed by atoms with Crippen LogP contribution in [0.1, 0.15) is 22.4 Å². The van der Waals surface area contributed by atoms with Crippen LogP contribution in [-0.4, -0.2) is 23.9 Å². The summed E-state index contributed by atoms with van der Waals surface area (Å²) in [4.78, 5) is 30.0. The summed E-state index contributed by atoms with van der Waals surface area (Å²) in [6.07, 6.45) is 1.21. The molecule has 1 N–H and O–H groups in total. The molecule has 4 rings (SSSR count). The second-order valence-corrected chi connectivity index (χ2v) is 10.8. The van der Waals surface area contributed by atoms with Crippen LogP contribution in [0.3, 0.4) is 0 Å². The number of nitrogens with zero attached hydrogens (tertiary/aromatic N) is 2. The van der Waals surface area contributed by atoms with E-state index in [1.54, 1.807) is 55.5 Å². The zero-order valence-corrected chi connectivity index (χ0v) is 21.1. The molecule has 0 saturated carbocycles. The zero-order chi connectivity index (χ0) is 25.3. The van der Waals surface area contributed by atoms with Crippen LogP contribution in [-0.2, 0) is 27.7 Å². The number of benzene rings is 2. The number of nitrogens with one attached hydrogen (secondary N) is 1. The van der Waals surface area contributed by atoms with E-state index in [0.29, 0.717) is 10.7 Å². The fourth-order valence-corrected chi connectivity index (χ4v) is 5.25. The van der Waals surface area contributed by atoms with Crippen LogP contribution in [0.2, 0.25) is 5.02 Å². The highest BCUT2D eigenvalue weighted by molar-refractivity contribution is 7.91. The third-order valence-corrected chi connectivity index (χ3v) is 7.82. The van der Waals surface area contributed by atoms with Crippen molar-refractivity contribution in [1.82, 2.24) is 14.9 Å². The molecule has 2 aromatic carbocycles. The molecule has 0 radical (unpaired) electrons. The molecule has 2 aromatic heterocycles. The fourth-order valence-electron chi connectivity index (χ4n) is 3.67. The first-order valence-corrected chi connectivity index (χ1v) is 12.8. The van der Waals surface area contributed by atoms with Crippen LogP contribution in [0.4, 0.5) is 0 Å². The smallest absolute Gasteiger partial charge is 0.240 e. The summed E-state index contributed by atoms with van der Waals surface area (Å²) >= 11 is 5.90. The number of carbonyl (C=O) groups excluding carboxylic acids is 1. The van der Waals surface area contributed by atoms with Crippen LogP contribution in [0, 0.1) is 20.8 Å². The van der Waals surface area contributed by atoms with Crippen LogP contribution in [0.15, 0.2) is 75.4 Å². The first-order chi connectivity index (χ1) is 16.6. The van der Waals surface area contributed by atoms with Gasteiger partial charge in [-0.05, 0) is 73.9 Å². The summed E-state index contributed by atoms with van der Waals surface area (Å²) in [7, 11) is -4.13. The summed E-state index contributed by atoms with van der Waals surface area (Å²) in [5.74, 6) is -0.359. The van der Waals surface area contributed by atoms with E-state index in [2.05, 4.69) is 10.3 Å². The van der Waals surface area contributed by atoms with Gasteiger partial charge in [0.15, 0.2) is 0 Å². The Labute approximate surface area is 208 Å². The van der Waals surface area contributed by atoms with E-state index >= 15 is 0 Å². The average Bonchev–Trinajstić information content (AvgIpc) is 2.82. The molecule has 0 aliphatic rings. The number of hydrogen-bond acceptors (Lipinski definition) is 5. The van der Waals surface area contributed by atoms with E-state index in [4.69, 9.17) is 11.6 Å². The van der Waals surface area contributed by atoms with Crippen molar-refractivity contribution in [2.45, 2.75) is 43.7 Å². The lowest BCUT2D eigenvalue weighted by Crippen LogP contribution is -2.29. The highest BCUT2D eigenvalue weighted by Gasteiger charge is 2.25. The summed E-state index contributed by atoms with van der Waals surface area (Å²) in [6, 6.07) is 15.0. The van der Waals surface area contributed by atoms with Crippen molar-refractivity contribution in [3.8, 4) is 0 Å². The number of pyridine rings is 2. The second-order valence-electron chi connectivity index (χ2n) is 8.43. The number of carbonyl (C=O) groups is 1. The average molecular weight is 510 g/mol. The Bertz CT molecular complexity index is 1610. The largest absolute Gasteiger partial charge is 0.350 e. The second kappa shape index (κ2) is 9.64. The SMILES string of the molecule is Cc1ccc2c(=O)c(S(=O)(=O)c3ccc(C)c(C)c3)cn(CC(=O)NCc3ccc(Cl)cc3)c2n1. The van der Waals surface area contributed by atoms with Crippen LogP contribution in [0.5, 0.6) is 0 Å². The highest BCUT2D eigenvalue weighted by Crippen LogP contribution is 2.23. The quantitative estimate of drug-likeness (QED) is 0.421. The van der Waals surface area contributed by atoms with Gasteiger partial charge in [-0.3, -0.25) is 9.59 Å². The van der Waals surface area contributed by atoms with E-state index in [1.165, 1.54) is 16.8 Å². The summed E-state index contributed by atoms with van der Waals surface area (Å²) < 4.78 is 28.3. The van der Waals surface area contributed by atoms with Crippen LogP contribution >= 0.6 is 11.6 Å². The number of sulfone groups is 1. The van der Waals surface area contributed by atoms with Crippen molar-refractivity contribution in [3.05, 3.63) is 98.4 Å². The van der Waals surface area contributed by atoms with E-state index in [0.717, 1.165) is 16.7 Å². The van der Waals surface area contributed by atoms with Crippen molar-refractivity contribution in [1.29, 1.82) is 0 Å². The van der Waals surface area contributed by atoms with Gasteiger partial charge in [0.05, 0.1) is 10.3 Å². The molecule has 0 saturated heterocycles. The molecule has 35 heavy (non-hydrogen) atoms. The van der Waals surface area contributed by atoms with Gasteiger partial charge in [-0.1, -0.05) is 29.8 Å². The number of aryl methyl sites for hydroxylation is 3. The minimum atomic E-state index is -4.13. The fraction of sp³-hybridized carbons (Fsp3) is 0.192. The van der Waals surface area contributed by atoms with Gasteiger partial charge in [0.2, 0.25) is 21.2 Å². The van der Waals surface area contributed by atoms with Gasteiger partial charge in [-0.25, -0.2) is 13.4 Å². The van der Waals surface area contributed by atoms with E-state index < -0.39 is 20.2 Å². The Morgan fingerprint density at radius 1 is 1.00 bits per heavy atom. The summed E-state index contributed by atoms with van der Waals surface area (Å²) in [5, 5.41) is 3.53. The monoisotopic (exact) mass is 509 g/mol. The molecule has 0 aliphatic carbocycles. The molecular formula is C26H24ClN3O4S. The maximum Gasteiger partial charge on any atom is 0.240 e. The molecule has 0 fully saturated rings. The molecule has 0 aliphatic heterocycles. The van der Waals surface area contributed by atoms with Gasteiger partial charge >= 0.3 is 0 Å². The van der Waals surface area contributed by atoms with Crippen molar-refractivity contribution in [2.24, 2.45) is 0 Å². The molecule has 180 valence electrons. The normalized spacial score (nSPS) is 11.5. The molecule has 1 amide bonds. The standard InChI is InChI=1S/C26H24ClN3O4S/c1-16-4-10-21(12-17(16)2)35(33,34)23-14-30(26-22(25(23)32)11-5-18(3)29-26)15-24(31)28-13-19-6-8-20(27)9-7-19/h4-12,14H,13,15H2,1-3H3,(H,28,31). The molecule has 0 bridgehead atoms. The number of halogens is 1. The predicted molar refractivity (Wildman–Crippen MR) is 135 cm³/mol. The lowest BCUT2D eigenvalue weighted by molar-refractivity contribution is -0.121. The molecule has 7 nitrogen and oxygen atoms in total. The minimum Gasteiger partial charge on any atom is -0.350 e. The molecule has 0 atom stereocenters. The third-order valence-electron chi connectivity index (χ3n) is 5.82. The molecule has 0 spiro atoms. The Hall–Kier alpha value is -3.49. The number of aromatic nitrogens is 2. The van der Waals surface area contributed by atoms with Gasteiger partial charge in [-0.2, -0.15) is 0 Å². The van der Waals surface area contributed by atoms with Crippen molar-refractivity contribution in [3.63, 3.8) is 0 Å². The Balaban J connectivity index is 1.75. The van der Waals surface area contributed by atoms with Crippen LogP contribution < -0.4 is 10.7 Å². The first kappa shape index (κ1) is 24.6. The predicted octanol–water partition coefficient (Wildman–Crippen LogP) is 4.12. The third kappa shape index (κ3) is 5.13. The Kier molecular flexibility index (Phi) is 6.78. The van der Waals surface area contributed by atoms with Gasteiger partial charge in [0.25, 0.3) is 0 Å². The van der Waals surface area contributed by atoms with E-state index in [-0.39, 0.29) is 34.9 Å². The lowest BCUT2D eigenvalue weighted by Gasteiger charge is -2.14. The Morgan fingerprint density at radius 2 is 1.71 bits per heavy atom. The molecule has 4 aromatic rings. The number of amides is 1. The molecular weight excluding hydrogens is 486 g/mol. The Morgan fingerprint density at radius 3 is 2.40 bits per heavy atom. The number of rotatable bonds is 6. The maximum atomic E-state index is 13.5. The van der Waals surface area contributed by atoms with Gasteiger partial charge in [-0.15, -0.1) is 0 Å². The zero-order valence-electron chi connectivity index (χ0n) is 19.5. The summed E-state index contributed by atoms with van der Waals surface area (Å²) in [5.41, 5.74) is 2.83. The summed E-state index contributed by atoms with van der Waals surface area (Å²) in [6.45, 7) is 5.51. The van der Waals surface area contributed by atoms with Crippen LogP contribution in [0.25, 0.3) is 11.0 Å². The molecule has 0 unspecified atom stereocenters. The maximum absolute atomic E-state index is 13.5. The number of hydrogen-bond donors (Lipinski definition) is 1. The molecule has 2 heterocycles. The van der Waals surface area contributed by atoms with Crippen molar-refractivity contribution >= 4 is 38.4 Å². The highest BCUT2D eigenvalue weighted by atomic mass is 35.5. The molecule has 9 heteroatoms. The van der Waals surface area contributed by atoms with E-state index in [9.17, 15) is 18.0 Å². The first-order valence-electron chi connectivity index (χ1n) is 10.9.